The summed E-state index contributed by atoms with van der Waals surface area (Å²) < 4.78 is 11.4. The highest BCUT2D eigenvalue weighted by atomic mass is 79.9. The van der Waals surface area contributed by atoms with E-state index in [2.05, 4.69) is 59.4 Å². The monoisotopic (exact) mass is 405 g/mol. The van der Waals surface area contributed by atoms with E-state index in [0.717, 1.165) is 22.0 Å². The minimum Gasteiger partial charge on any atom is -0.493 e. The fourth-order valence-electron chi connectivity index (χ4n) is 2.67. The first-order chi connectivity index (χ1) is 12.0. The van der Waals surface area contributed by atoms with E-state index in [1.165, 1.54) is 5.56 Å². The van der Waals surface area contributed by atoms with Gasteiger partial charge in [-0.05, 0) is 36.6 Å². The van der Waals surface area contributed by atoms with E-state index in [-0.39, 0.29) is 18.4 Å². The van der Waals surface area contributed by atoms with Gasteiger partial charge in [0.15, 0.2) is 11.5 Å². The number of benzene rings is 2. The van der Waals surface area contributed by atoms with Crippen molar-refractivity contribution >= 4 is 21.8 Å². The zero-order chi connectivity index (χ0) is 18.4. The van der Waals surface area contributed by atoms with Crippen LogP contribution in [0.2, 0.25) is 0 Å². The first-order valence-electron chi connectivity index (χ1n) is 8.24. The van der Waals surface area contributed by atoms with Crippen LogP contribution < -0.4 is 14.8 Å². The van der Waals surface area contributed by atoms with E-state index >= 15 is 0 Å². The third-order valence-corrected chi connectivity index (χ3v) is 4.86. The summed E-state index contributed by atoms with van der Waals surface area (Å²) >= 11 is 3.50. The molecular formula is C20H24BrNO3. The number of carbonyl (C=O) groups is 1. The molecule has 2 rings (SSSR count). The minimum absolute atomic E-state index is 0.00650. The molecule has 0 saturated heterocycles. The van der Waals surface area contributed by atoms with Crippen molar-refractivity contribution < 1.29 is 14.3 Å². The van der Waals surface area contributed by atoms with Crippen LogP contribution in [0.4, 0.5) is 0 Å². The predicted octanol–water partition coefficient (Wildman–Crippen LogP) is 4.58. The molecule has 0 saturated carbocycles. The van der Waals surface area contributed by atoms with Crippen molar-refractivity contribution in [1.82, 2.24) is 5.32 Å². The number of aryl methyl sites for hydroxylation is 1. The van der Waals surface area contributed by atoms with Crippen LogP contribution in [0.15, 0.2) is 40.9 Å². The Morgan fingerprint density at radius 2 is 1.72 bits per heavy atom. The molecule has 0 bridgehead atoms. The summed E-state index contributed by atoms with van der Waals surface area (Å²) in [5, 5.41) is 3.11. The molecule has 0 radical (unpaired) electrons. The number of rotatable bonds is 7. The topological polar surface area (TPSA) is 47.6 Å². The zero-order valence-corrected chi connectivity index (χ0v) is 16.6. The van der Waals surface area contributed by atoms with Gasteiger partial charge in [0.25, 0.3) is 0 Å². The molecular weight excluding hydrogens is 382 g/mol. The Bertz CT molecular complexity index is 728. The molecule has 0 heterocycles. The van der Waals surface area contributed by atoms with E-state index in [1.54, 1.807) is 14.2 Å². The lowest BCUT2D eigenvalue weighted by Gasteiger charge is -2.18. The van der Waals surface area contributed by atoms with Crippen LogP contribution in [-0.4, -0.2) is 20.1 Å². The van der Waals surface area contributed by atoms with Gasteiger partial charge in [-0.25, -0.2) is 0 Å². The summed E-state index contributed by atoms with van der Waals surface area (Å²) in [4.78, 5) is 12.5. The maximum Gasteiger partial charge on any atom is 0.224 e. The minimum atomic E-state index is -0.0275. The van der Waals surface area contributed by atoms with Gasteiger partial charge in [-0.3, -0.25) is 4.79 Å². The number of nitrogens with one attached hydrogen (secondary N) is 1. The molecule has 0 aromatic heterocycles. The third-order valence-electron chi connectivity index (χ3n) is 4.13. The Hall–Kier alpha value is -2.01. The van der Waals surface area contributed by atoms with Crippen LogP contribution >= 0.6 is 15.9 Å². The van der Waals surface area contributed by atoms with Crippen LogP contribution in [0.5, 0.6) is 11.5 Å². The fourth-order valence-corrected chi connectivity index (χ4v) is 3.13. The highest BCUT2D eigenvalue weighted by Gasteiger charge is 2.16. The molecule has 25 heavy (non-hydrogen) atoms. The average molecular weight is 406 g/mol. The predicted molar refractivity (Wildman–Crippen MR) is 103 cm³/mol. The highest BCUT2D eigenvalue weighted by Crippen LogP contribution is 2.33. The fraction of sp³-hybridized carbons (Fsp3) is 0.350. The highest BCUT2D eigenvalue weighted by molar-refractivity contribution is 9.10. The second-order valence-corrected chi connectivity index (χ2v) is 6.77. The second-order valence-electron chi connectivity index (χ2n) is 5.91. The molecule has 1 amide bonds. The largest absolute Gasteiger partial charge is 0.493 e. The summed E-state index contributed by atoms with van der Waals surface area (Å²) in [6, 6.07) is 11.9. The average Bonchev–Trinajstić information content (AvgIpc) is 2.61. The van der Waals surface area contributed by atoms with Gasteiger partial charge in [-0.2, -0.15) is 0 Å². The molecule has 0 fully saturated rings. The van der Waals surface area contributed by atoms with E-state index in [1.807, 2.05) is 12.1 Å². The molecule has 2 aromatic rings. The van der Waals surface area contributed by atoms with Crippen molar-refractivity contribution in [1.29, 1.82) is 0 Å². The van der Waals surface area contributed by atoms with Gasteiger partial charge in [-0.15, -0.1) is 0 Å². The first kappa shape index (κ1) is 19.3. The van der Waals surface area contributed by atoms with E-state index < -0.39 is 0 Å². The Labute approximate surface area is 157 Å². The smallest absolute Gasteiger partial charge is 0.224 e. The molecule has 0 aliphatic heterocycles. The maximum absolute atomic E-state index is 12.5. The second kappa shape index (κ2) is 8.90. The number of carbonyl (C=O) groups excluding carboxylic acids is 1. The lowest BCUT2D eigenvalue weighted by Crippen LogP contribution is -2.29. The van der Waals surface area contributed by atoms with Crippen LogP contribution in [0.1, 0.15) is 36.1 Å². The number of amides is 1. The van der Waals surface area contributed by atoms with E-state index in [9.17, 15) is 4.79 Å². The molecule has 4 nitrogen and oxygen atoms in total. The number of halogens is 1. The maximum atomic E-state index is 12.5. The van der Waals surface area contributed by atoms with Crippen LogP contribution in [0, 0.1) is 6.92 Å². The van der Waals surface area contributed by atoms with Crippen LogP contribution in [0.3, 0.4) is 0 Å². The molecule has 5 heteroatoms. The Balaban J connectivity index is 2.12. The SMILES string of the molecule is CCC(NC(=O)Cc1cc(OC)c(OC)cc1Br)c1ccc(C)cc1. The molecule has 134 valence electrons. The molecule has 0 aliphatic carbocycles. The van der Waals surface area contributed by atoms with Gasteiger partial charge in [-0.1, -0.05) is 52.7 Å². The summed E-state index contributed by atoms with van der Waals surface area (Å²) in [6.07, 6.45) is 1.10. The molecule has 1 atom stereocenters. The van der Waals surface area contributed by atoms with Gasteiger partial charge in [0, 0.05) is 4.47 Å². The number of ether oxygens (including phenoxy) is 2. The molecule has 2 aromatic carbocycles. The zero-order valence-electron chi connectivity index (χ0n) is 15.1. The lowest BCUT2D eigenvalue weighted by molar-refractivity contribution is -0.121. The number of methoxy groups -OCH3 is 2. The van der Waals surface area contributed by atoms with Crippen molar-refractivity contribution in [2.24, 2.45) is 0 Å². The summed E-state index contributed by atoms with van der Waals surface area (Å²) in [5.74, 6) is 1.21. The van der Waals surface area contributed by atoms with E-state index in [0.29, 0.717) is 11.5 Å². The summed E-state index contributed by atoms with van der Waals surface area (Å²) in [5.41, 5.74) is 3.18. The quantitative estimate of drug-likeness (QED) is 0.732. The van der Waals surface area contributed by atoms with Crippen LogP contribution in [0.25, 0.3) is 0 Å². The van der Waals surface area contributed by atoms with Crippen molar-refractivity contribution in [2.45, 2.75) is 32.7 Å². The van der Waals surface area contributed by atoms with Gasteiger partial charge in [0.05, 0.1) is 26.7 Å². The van der Waals surface area contributed by atoms with Gasteiger partial charge in [0.1, 0.15) is 0 Å². The van der Waals surface area contributed by atoms with E-state index in [4.69, 9.17) is 9.47 Å². The van der Waals surface area contributed by atoms with Gasteiger partial charge >= 0.3 is 0 Å². The number of hydrogen-bond donors (Lipinski definition) is 1. The van der Waals surface area contributed by atoms with Gasteiger partial charge in [0.2, 0.25) is 5.91 Å². The number of hydrogen-bond acceptors (Lipinski definition) is 3. The van der Waals surface area contributed by atoms with Crippen molar-refractivity contribution in [3.63, 3.8) is 0 Å². The standard InChI is InChI=1S/C20H24BrNO3/c1-5-17(14-8-6-13(2)7-9-14)22-20(23)11-15-10-18(24-3)19(25-4)12-16(15)21/h6-10,12,17H,5,11H2,1-4H3,(H,22,23). The van der Waals surface area contributed by atoms with Crippen LogP contribution in [-0.2, 0) is 11.2 Å². The Kier molecular flexibility index (Phi) is 6.88. The Morgan fingerprint density at radius 3 is 2.28 bits per heavy atom. The van der Waals surface area contributed by atoms with Crippen molar-refractivity contribution in [3.8, 4) is 11.5 Å². The third kappa shape index (κ3) is 4.98. The summed E-state index contributed by atoms with van der Waals surface area (Å²) in [7, 11) is 3.17. The summed E-state index contributed by atoms with van der Waals surface area (Å²) in [6.45, 7) is 4.12. The molecule has 0 spiro atoms. The van der Waals surface area contributed by atoms with Crippen molar-refractivity contribution in [2.75, 3.05) is 14.2 Å². The van der Waals surface area contributed by atoms with Gasteiger partial charge < -0.3 is 14.8 Å². The molecule has 0 aliphatic rings. The molecule has 1 N–H and O–H groups in total. The first-order valence-corrected chi connectivity index (χ1v) is 9.04. The van der Waals surface area contributed by atoms with Crippen molar-refractivity contribution in [3.05, 3.63) is 57.6 Å². The Morgan fingerprint density at radius 1 is 1.12 bits per heavy atom. The normalized spacial score (nSPS) is 11.7. The lowest BCUT2D eigenvalue weighted by atomic mass is 10.0. The molecule has 1 unspecified atom stereocenters.